The van der Waals surface area contributed by atoms with Gasteiger partial charge in [0.1, 0.15) is 24.2 Å². The molecule has 0 saturated heterocycles. The normalized spacial score (nSPS) is 13.2. The number of amides is 8. The van der Waals surface area contributed by atoms with Gasteiger partial charge in [0.2, 0.25) is 47.3 Å². The molecule has 4 atom stereocenters. The molecule has 0 saturated carbocycles. The Bertz CT molecular complexity index is 1100. The van der Waals surface area contributed by atoms with Crippen molar-refractivity contribution >= 4 is 53.2 Å². The molecule has 0 aliphatic heterocycles. The molecule has 0 spiro atoms. The minimum Gasteiger partial charge on any atom is -0.480 e. The van der Waals surface area contributed by atoms with Crippen molar-refractivity contribution in [3.63, 3.8) is 0 Å². The van der Waals surface area contributed by atoms with Crippen LogP contribution in [0.3, 0.4) is 0 Å². The highest BCUT2D eigenvalue weighted by atomic mass is 16.4. The molecule has 0 aliphatic rings. The molecule has 20 nitrogen and oxygen atoms in total. The number of primary amides is 1. The van der Waals surface area contributed by atoms with E-state index in [0.717, 1.165) is 0 Å². The third-order valence-electron chi connectivity index (χ3n) is 5.73. The van der Waals surface area contributed by atoms with Crippen molar-refractivity contribution in [3.8, 4) is 0 Å². The first-order valence-electron chi connectivity index (χ1n) is 13.8. The number of hydrogen-bond acceptors (Lipinski definition) is 11. The van der Waals surface area contributed by atoms with Crippen molar-refractivity contribution < 1.29 is 53.4 Å². The third kappa shape index (κ3) is 17.8. The molecular formula is C25H43N9O11. The Morgan fingerprint density at radius 1 is 0.644 bits per heavy atom. The second-order valence-electron chi connectivity index (χ2n) is 10.2. The van der Waals surface area contributed by atoms with E-state index in [9.17, 15) is 48.3 Å². The van der Waals surface area contributed by atoms with Gasteiger partial charge in [0.25, 0.3) is 0 Å². The molecule has 0 fully saturated rings. The molecule has 254 valence electrons. The van der Waals surface area contributed by atoms with E-state index in [1.807, 2.05) is 0 Å². The fraction of sp³-hybridized carbons (Fsp3) is 0.640. The van der Waals surface area contributed by atoms with Gasteiger partial charge in [0.15, 0.2) is 0 Å². The molecule has 0 unspecified atom stereocenters. The van der Waals surface area contributed by atoms with Crippen LogP contribution in [0.15, 0.2) is 0 Å². The monoisotopic (exact) mass is 645 g/mol. The van der Waals surface area contributed by atoms with Crippen LogP contribution in [0.2, 0.25) is 0 Å². The number of aliphatic hydroxyl groups excluding tert-OH is 1. The van der Waals surface area contributed by atoms with Gasteiger partial charge in [0.05, 0.1) is 32.8 Å². The van der Waals surface area contributed by atoms with Gasteiger partial charge in [-0.1, -0.05) is 13.8 Å². The summed E-state index contributed by atoms with van der Waals surface area (Å²) in [6, 6.07) is -5.38. The number of carbonyl (C=O) groups excluding carboxylic acids is 8. The van der Waals surface area contributed by atoms with Gasteiger partial charge in [-0.25, -0.2) is 0 Å². The van der Waals surface area contributed by atoms with Crippen LogP contribution in [0, 0.1) is 5.92 Å². The van der Waals surface area contributed by atoms with Crippen LogP contribution in [-0.2, 0) is 43.2 Å². The molecule has 0 aliphatic carbocycles. The minimum atomic E-state index is -1.62. The molecule has 0 rings (SSSR count). The largest absolute Gasteiger partial charge is 0.480 e. The van der Waals surface area contributed by atoms with Crippen LogP contribution in [0.25, 0.3) is 0 Å². The van der Waals surface area contributed by atoms with Crippen molar-refractivity contribution in [3.05, 3.63) is 0 Å². The first-order chi connectivity index (χ1) is 21.0. The summed E-state index contributed by atoms with van der Waals surface area (Å²) in [5.41, 5.74) is 10.3. The van der Waals surface area contributed by atoms with Crippen molar-refractivity contribution in [1.29, 1.82) is 0 Å². The summed E-state index contributed by atoms with van der Waals surface area (Å²) in [5.74, 6) is -7.97. The van der Waals surface area contributed by atoms with Gasteiger partial charge >= 0.3 is 5.97 Å². The zero-order chi connectivity index (χ0) is 34.7. The molecule has 45 heavy (non-hydrogen) atoms. The predicted octanol–water partition coefficient (Wildman–Crippen LogP) is -6.36. The first-order valence-corrected chi connectivity index (χ1v) is 13.8. The number of carboxylic acid groups (broad SMARTS) is 1. The number of hydrogen-bond donors (Lipinski definition) is 11. The third-order valence-corrected chi connectivity index (χ3v) is 5.73. The van der Waals surface area contributed by atoms with Crippen molar-refractivity contribution in [1.82, 2.24) is 37.2 Å². The van der Waals surface area contributed by atoms with Gasteiger partial charge in [-0.2, -0.15) is 0 Å². The number of nitrogens with two attached hydrogens (primary N) is 2. The zero-order valence-corrected chi connectivity index (χ0v) is 25.3. The molecule has 8 amide bonds. The van der Waals surface area contributed by atoms with E-state index in [1.54, 1.807) is 13.8 Å². The Labute approximate surface area is 258 Å². The van der Waals surface area contributed by atoms with Gasteiger partial charge in [-0.3, -0.25) is 43.2 Å². The summed E-state index contributed by atoms with van der Waals surface area (Å²) in [6.07, 6.45) is -0.502. The van der Waals surface area contributed by atoms with E-state index in [1.165, 1.54) is 6.92 Å². The molecule has 0 heterocycles. The lowest BCUT2D eigenvalue weighted by Crippen LogP contribution is -2.57. The number of nitrogens with one attached hydrogen (secondary N) is 7. The highest BCUT2D eigenvalue weighted by Gasteiger charge is 2.28. The Balaban J connectivity index is 5.21. The van der Waals surface area contributed by atoms with E-state index in [-0.39, 0.29) is 31.7 Å². The SMILES string of the molecule is CC(C)C[C@H](NC(=O)CNC(=O)CN)C(=O)NCC(=O)N[C@@H](CO)C(=O)N[C@@H](CCC(N)=O)C(=O)NCC(=O)N[C@@H](C)C(=O)O. The number of aliphatic carboxylic acids is 1. The summed E-state index contributed by atoms with van der Waals surface area (Å²) >= 11 is 0. The molecule has 0 bridgehead atoms. The van der Waals surface area contributed by atoms with Crippen LogP contribution in [-0.4, -0.2) is 120 Å². The minimum absolute atomic E-state index is 0.0571. The second-order valence-corrected chi connectivity index (χ2v) is 10.2. The molecular weight excluding hydrogens is 602 g/mol. The Kier molecular flexibility index (Phi) is 18.7. The maximum Gasteiger partial charge on any atom is 0.325 e. The molecule has 20 heteroatoms. The highest BCUT2D eigenvalue weighted by Crippen LogP contribution is 2.05. The molecule has 0 radical (unpaired) electrons. The number of carboxylic acids is 1. The molecule has 13 N–H and O–H groups in total. The van der Waals surface area contributed by atoms with Crippen LogP contribution < -0.4 is 48.7 Å². The molecule has 0 aromatic carbocycles. The zero-order valence-electron chi connectivity index (χ0n) is 25.3. The lowest BCUT2D eigenvalue weighted by molar-refractivity contribution is -0.141. The van der Waals surface area contributed by atoms with Crippen molar-refractivity contribution in [2.45, 2.75) is 64.2 Å². The Morgan fingerprint density at radius 2 is 1.13 bits per heavy atom. The number of aliphatic hydroxyl groups is 1. The van der Waals surface area contributed by atoms with Crippen molar-refractivity contribution in [2.75, 3.05) is 32.8 Å². The van der Waals surface area contributed by atoms with E-state index in [2.05, 4.69) is 37.2 Å². The Hall–Kier alpha value is -4.85. The van der Waals surface area contributed by atoms with Crippen LogP contribution in [0.1, 0.15) is 40.0 Å². The predicted molar refractivity (Wildman–Crippen MR) is 154 cm³/mol. The smallest absolute Gasteiger partial charge is 0.325 e. The quantitative estimate of drug-likeness (QED) is 0.0555. The summed E-state index contributed by atoms with van der Waals surface area (Å²) in [4.78, 5) is 108. The average molecular weight is 646 g/mol. The van der Waals surface area contributed by atoms with Crippen LogP contribution in [0.5, 0.6) is 0 Å². The fourth-order valence-corrected chi connectivity index (χ4v) is 3.40. The van der Waals surface area contributed by atoms with E-state index < -0.39 is 104 Å². The Morgan fingerprint density at radius 3 is 1.60 bits per heavy atom. The van der Waals surface area contributed by atoms with E-state index in [0.29, 0.717) is 0 Å². The maximum absolute atomic E-state index is 12.7. The van der Waals surface area contributed by atoms with Crippen LogP contribution >= 0.6 is 0 Å². The van der Waals surface area contributed by atoms with Crippen molar-refractivity contribution in [2.24, 2.45) is 17.4 Å². The van der Waals surface area contributed by atoms with E-state index in [4.69, 9.17) is 16.6 Å². The average Bonchev–Trinajstić information content (AvgIpc) is 2.97. The van der Waals surface area contributed by atoms with E-state index >= 15 is 0 Å². The number of carbonyl (C=O) groups is 9. The summed E-state index contributed by atoms with van der Waals surface area (Å²) in [7, 11) is 0. The second kappa shape index (κ2) is 21.0. The summed E-state index contributed by atoms with van der Waals surface area (Å²) < 4.78 is 0. The molecule has 0 aromatic rings. The standard InChI is InChI=1S/C25H43N9O11/c1-12(2)6-15(32-20(39)8-28-18(37)7-26)23(42)30-10-21(40)33-16(11-35)24(43)34-14(4-5-17(27)36)22(41)29-9-19(38)31-13(3)25(44)45/h12-16,35H,4-11,26H2,1-3H3,(H2,27,36)(H,28,37)(H,29,41)(H,30,42)(H,31,38)(H,32,39)(H,33,40)(H,34,43)(H,44,45)/t13-,14-,15-,16-/m0/s1. The lowest BCUT2D eigenvalue weighted by atomic mass is 10.0. The van der Waals surface area contributed by atoms with Gasteiger partial charge in [-0.15, -0.1) is 0 Å². The van der Waals surface area contributed by atoms with Gasteiger partial charge in [0, 0.05) is 6.42 Å². The topological polar surface area (TPSA) is 330 Å². The summed E-state index contributed by atoms with van der Waals surface area (Å²) in [5, 5.41) is 34.2. The van der Waals surface area contributed by atoms with Gasteiger partial charge in [-0.05, 0) is 25.7 Å². The molecule has 0 aromatic heterocycles. The fourth-order valence-electron chi connectivity index (χ4n) is 3.40. The number of rotatable bonds is 21. The van der Waals surface area contributed by atoms with Crippen LogP contribution in [0.4, 0.5) is 0 Å². The lowest BCUT2D eigenvalue weighted by Gasteiger charge is -2.23. The van der Waals surface area contributed by atoms with Gasteiger partial charge < -0.3 is 58.9 Å². The highest BCUT2D eigenvalue weighted by molar-refractivity contribution is 5.95. The summed E-state index contributed by atoms with van der Waals surface area (Å²) in [6.45, 7) is 1.72. The maximum atomic E-state index is 12.7. The first kappa shape index (κ1) is 40.1.